The lowest BCUT2D eigenvalue weighted by Crippen LogP contribution is -2.37. The molecule has 0 N–H and O–H groups in total. The summed E-state index contributed by atoms with van der Waals surface area (Å²) in [5.74, 6) is -0.187. The molecule has 1 aliphatic rings. The van der Waals surface area contributed by atoms with Crippen molar-refractivity contribution in [3.8, 4) is 0 Å². The molecule has 9 nitrogen and oxygen atoms in total. The Morgan fingerprint density at radius 3 is 2.39 bits per heavy atom. The zero-order valence-corrected chi connectivity index (χ0v) is 17.4. The molecular weight excluding hydrogens is 384 g/mol. The first-order chi connectivity index (χ1) is 13.2. The molecule has 0 aliphatic carbocycles. The van der Waals surface area contributed by atoms with Crippen molar-refractivity contribution in [2.45, 2.75) is 37.5 Å². The number of nitro benzene ring substituents is 1. The predicted molar refractivity (Wildman–Crippen MR) is 107 cm³/mol. The van der Waals surface area contributed by atoms with E-state index in [2.05, 4.69) is 0 Å². The number of likely N-dealkylation sites (N-methyl/N-ethyl adjacent to an activating group) is 1. The van der Waals surface area contributed by atoms with Crippen LogP contribution >= 0.6 is 0 Å². The molecule has 0 saturated carbocycles. The molecule has 1 aliphatic heterocycles. The second-order valence-electron chi connectivity index (χ2n) is 7.08. The molecule has 0 atom stereocenters. The van der Waals surface area contributed by atoms with Gasteiger partial charge in [-0.15, -0.1) is 0 Å². The van der Waals surface area contributed by atoms with Gasteiger partial charge in [-0.05, 0) is 31.4 Å². The Balaban J connectivity index is 2.43. The molecule has 0 radical (unpaired) electrons. The van der Waals surface area contributed by atoms with Gasteiger partial charge in [0.2, 0.25) is 15.9 Å². The van der Waals surface area contributed by atoms with Gasteiger partial charge in [-0.3, -0.25) is 14.9 Å². The number of piperidine rings is 1. The number of rotatable bonds is 8. The van der Waals surface area contributed by atoms with Crippen LogP contribution in [0.5, 0.6) is 0 Å². The maximum absolute atomic E-state index is 12.9. The Bertz CT molecular complexity index is 819. The minimum Gasteiger partial charge on any atom is -0.357 e. The number of benzene rings is 1. The fourth-order valence-electron chi connectivity index (χ4n) is 3.19. The molecule has 1 saturated heterocycles. The minimum atomic E-state index is -3.77. The first-order valence-electron chi connectivity index (χ1n) is 9.42. The van der Waals surface area contributed by atoms with Crippen LogP contribution < -0.4 is 4.90 Å². The third kappa shape index (κ3) is 4.99. The van der Waals surface area contributed by atoms with E-state index >= 15 is 0 Å². The van der Waals surface area contributed by atoms with Gasteiger partial charge in [0.1, 0.15) is 5.69 Å². The van der Waals surface area contributed by atoms with Crippen molar-refractivity contribution in [2.24, 2.45) is 0 Å². The lowest BCUT2D eigenvalue weighted by Gasteiger charge is -2.27. The Labute approximate surface area is 166 Å². The maximum Gasteiger partial charge on any atom is 0.293 e. The lowest BCUT2D eigenvalue weighted by atomic mass is 10.2. The Kier molecular flexibility index (Phi) is 7.36. The van der Waals surface area contributed by atoms with Crippen LogP contribution in [0.15, 0.2) is 23.1 Å². The zero-order valence-electron chi connectivity index (χ0n) is 16.6. The molecule has 0 aromatic heterocycles. The summed E-state index contributed by atoms with van der Waals surface area (Å²) in [4.78, 5) is 26.2. The van der Waals surface area contributed by atoms with Gasteiger partial charge in [0.25, 0.3) is 5.69 Å². The highest BCUT2D eigenvalue weighted by Gasteiger charge is 2.30. The number of carbonyl (C=O) groups excluding carboxylic acids is 1. The quantitative estimate of drug-likeness (QED) is 0.478. The van der Waals surface area contributed by atoms with Crippen LogP contribution in [0.25, 0.3) is 0 Å². The summed E-state index contributed by atoms with van der Waals surface area (Å²) in [6.45, 7) is 3.20. The van der Waals surface area contributed by atoms with Crippen LogP contribution in [0.4, 0.5) is 11.4 Å². The van der Waals surface area contributed by atoms with Crippen molar-refractivity contribution in [1.82, 2.24) is 9.21 Å². The van der Waals surface area contributed by atoms with Gasteiger partial charge < -0.3 is 9.80 Å². The molecule has 156 valence electrons. The smallest absolute Gasteiger partial charge is 0.293 e. The second-order valence-corrected chi connectivity index (χ2v) is 9.02. The Morgan fingerprint density at radius 2 is 1.86 bits per heavy atom. The molecule has 1 aromatic carbocycles. The van der Waals surface area contributed by atoms with Crippen LogP contribution in [-0.4, -0.2) is 68.7 Å². The van der Waals surface area contributed by atoms with Crippen LogP contribution in [-0.2, 0) is 14.8 Å². The van der Waals surface area contributed by atoms with Crippen LogP contribution in [0.3, 0.4) is 0 Å². The highest BCUT2D eigenvalue weighted by atomic mass is 32.2. The number of nitrogens with zero attached hydrogens (tertiary/aromatic N) is 4. The van der Waals surface area contributed by atoms with E-state index in [0.717, 1.165) is 25.3 Å². The number of anilines is 1. The van der Waals surface area contributed by atoms with Crippen molar-refractivity contribution in [3.63, 3.8) is 0 Å². The van der Waals surface area contributed by atoms with E-state index in [4.69, 9.17) is 0 Å². The maximum atomic E-state index is 12.9. The molecule has 1 aromatic rings. The van der Waals surface area contributed by atoms with E-state index in [-0.39, 0.29) is 28.7 Å². The third-order valence-electron chi connectivity index (χ3n) is 4.76. The fraction of sp³-hybridized carbons (Fsp3) is 0.611. The molecule has 1 amide bonds. The molecule has 1 heterocycles. The summed E-state index contributed by atoms with van der Waals surface area (Å²) in [5, 5.41) is 11.7. The normalized spacial score (nSPS) is 15.2. The summed E-state index contributed by atoms with van der Waals surface area (Å²) in [5.41, 5.74) is -0.0577. The highest BCUT2D eigenvalue weighted by molar-refractivity contribution is 7.89. The van der Waals surface area contributed by atoms with E-state index in [1.165, 1.54) is 21.3 Å². The SMILES string of the molecule is CCCN(CC(=O)N(C)C)c1ccc(S(=O)(=O)N2CCCCC2)cc1[N+](=O)[O-]. The monoisotopic (exact) mass is 412 g/mol. The second kappa shape index (κ2) is 9.33. The summed E-state index contributed by atoms with van der Waals surface area (Å²) in [6, 6.07) is 3.95. The number of hydrogen-bond donors (Lipinski definition) is 0. The summed E-state index contributed by atoms with van der Waals surface area (Å²) >= 11 is 0. The van der Waals surface area contributed by atoms with Crippen molar-refractivity contribution in [2.75, 3.05) is 45.2 Å². The van der Waals surface area contributed by atoms with E-state index in [1.807, 2.05) is 6.92 Å². The van der Waals surface area contributed by atoms with Gasteiger partial charge in [-0.1, -0.05) is 13.3 Å². The van der Waals surface area contributed by atoms with Crippen LogP contribution in [0, 0.1) is 10.1 Å². The number of sulfonamides is 1. The van der Waals surface area contributed by atoms with Crippen molar-refractivity contribution >= 4 is 27.3 Å². The average molecular weight is 413 g/mol. The number of amides is 1. The van der Waals surface area contributed by atoms with E-state index < -0.39 is 14.9 Å². The molecule has 10 heteroatoms. The lowest BCUT2D eigenvalue weighted by molar-refractivity contribution is -0.384. The molecule has 2 rings (SSSR count). The summed E-state index contributed by atoms with van der Waals surface area (Å²) < 4.78 is 27.1. The van der Waals surface area contributed by atoms with E-state index in [9.17, 15) is 23.3 Å². The molecule has 1 fully saturated rings. The van der Waals surface area contributed by atoms with Gasteiger partial charge in [-0.25, -0.2) is 8.42 Å². The molecule has 0 spiro atoms. The number of nitro groups is 1. The zero-order chi connectivity index (χ0) is 20.9. The molecule has 28 heavy (non-hydrogen) atoms. The average Bonchev–Trinajstić information content (AvgIpc) is 2.67. The topological polar surface area (TPSA) is 104 Å². The van der Waals surface area contributed by atoms with Gasteiger partial charge in [0.05, 0.1) is 16.4 Å². The minimum absolute atomic E-state index is 0.0140. The largest absolute Gasteiger partial charge is 0.357 e. The molecule has 0 unspecified atom stereocenters. The Hall–Kier alpha value is -2.20. The van der Waals surface area contributed by atoms with E-state index in [1.54, 1.807) is 19.0 Å². The molecular formula is C18H28N4O5S. The summed E-state index contributed by atoms with van der Waals surface area (Å²) in [7, 11) is -0.534. The Morgan fingerprint density at radius 1 is 1.21 bits per heavy atom. The van der Waals surface area contributed by atoms with Crippen molar-refractivity contribution in [1.29, 1.82) is 0 Å². The van der Waals surface area contributed by atoms with Gasteiger partial charge in [0.15, 0.2) is 0 Å². The number of carbonyl (C=O) groups is 1. The van der Waals surface area contributed by atoms with E-state index in [0.29, 0.717) is 26.1 Å². The standard InChI is InChI=1S/C18H28N4O5S/c1-4-10-20(14-18(23)19(2)3)16-9-8-15(13-17(16)22(24)25)28(26,27)21-11-6-5-7-12-21/h8-9,13H,4-7,10-12,14H2,1-3H3. The van der Waals surface area contributed by atoms with Gasteiger partial charge in [0, 0.05) is 39.8 Å². The summed E-state index contributed by atoms with van der Waals surface area (Å²) in [6.07, 6.45) is 3.25. The highest BCUT2D eigenvalue weighted by Crippen LogP contribution is 2.32. The van der Waals surface area contributed by atoms with Gasteiger partial charge >= 0.3 is 0 Å². The molecule has 0 bridgehead atoms. The van der Waals surface area contributed by atoms with Crippen molar-refractivity contribution < 1.29 is 18.1 Å². The third-order valence-corrected chi connectivity index (χ3v) is 6.65. The first kappa shape index (κ1) is 22.1. The number of hydrogen-bond acceptors (Lipinski definition) is 6. The van der Waals surface area contributed by atoms with Crippen LogP contribution in [0.1, 0.15) is 32.6 Å². The van der Waals surface area contributed by atoms with Gasteiger partial charge in [-0.2, -0.15) is 4.31 Å². The van der Waals surface area contributed by atoms with Crippen LogP contribution in [0.2, 0.25) is 0 Å². The first-order valence-corrected chi connectivity index (χ1v) is 10.9. The fourth-order valence-corrected chi connectivity index (χ4v) is 4.73. The predicted octanol–water partition coefficient (Wildman–Crippen LogP) is 2.07. The van der Waals surface area contributed by atoms with Crippen molar-refractivity contribution in [3.05, 3.63) is 28.3 Å².